The van der Waals surface area contributed by atoms with Crippen molar-refractivity contribution >= 4 is 111 Å². The van der Waals surface area contributed by atoms with Crippen LogP contribution in [0.15, 0.2) is 0 Å². The molecule has 0 aliphatic carbocycles. The Labute approximate surface area is 489 Å². The van der Waals surface area contributed by atoms with Gasteiger partial charge in [0.2, 0.25) is 0 Å². The molecule has 0 amide bonds. The molecule has 1 atom stereocenters. The maximum absolute atomic E-state index is 8.74. The SMILES string of the molecule is CO[Si](C)(C)C.CO[Si](C)(C)C.CO[Si](C)(C)C.CO[Si](C)(C)C.CO[Si](C)(C)O.CO[Si](C)(C)O.CO[Si](C)(C)OC.CO[Si](C)(C)O[Si](C)(C)OC.CO[Si](C)(C)O[Si](C)(OC)O[Si](C)(OC)OC.CO[Si](C)(O)O. The highest BCUT2D eigenvalue weighted by Crippen LogP contribution is 2.22. The fourth-order valence-corrected chi connectivity index (χ4v) is 16.1. The van der Waals surface area contributed by atoms with Crippen molar-refractivity contribution in [3.05, 3.63) is 0 Å². The van der Waals surface area contributed by atoms with Crippen LogP contribution in [0.5, 0.6) is 0 Å². The van der Waals surface area contributed by atoms with E-state index in [2.05, 4.69) is 91.8 Å². The van der Waals surface area contributed by atoms with Gasteiger partial charge in [0.1, 0.15) is 0 Å². The molecular formula is C42H130O22Si13. The Kier molecular flexibility index (Phi) is 63.0. The van der Waals surface area contributed by atoms with Crippen LogP contribution in [0.1, 0.15) is 0 Å². The zero-order valence-corrected chi connectivity index (χ0v) is 70.6. The average Bonchev–Trinajstić information content (AvgIpc) is 3.28. The summed E-state index contributed by atoms with van der Waals surface area (Å²) >= 11 is 0. The third-order valence-electron chi connectivity index (χ3n) is 8.70. The predicted molar refractivity (Wildman–Crippen MR) is 350 cm³/mol. The minimum absolute atomic E-state index is 1.13. The third-order valence-corrected chi connectivity index (χ3v) is 33.9. The van der Waals surface area contributed by atoms with Crippen LogP contribution in [0.4, 0.5) is 0 Å². The first-order valence-electron chi connectivity index (χ1n) is 24.8. The fourth-order valence-electron chi connectivity index (χ4n) is 1.85. The van der Waals surface area contributed by atoms with Gasteiger partial charge in [-0.15, -0.1) is 0 Å². The van der Waals surface area contributed by atoms with Crippen molar-refractivity contribution in [2.45, 2.75) is 177 Å². The second-order valence-corrected chi connectivity index (χ2v) is 70.7. The van der Waals surface area contributed by atoms with E-state index < -0.39 is 111 Å². The lowest BCUT2D eigenvalue weighted by molar-refractivity contribution is 0.105. The summed E-state index contributed by atoms with van der Waals surface area (Å²) in [7, 11) is -0.683. The van der Waals surface area contributed by atoms with Crippen molar-refractivity contribution in [3.8, 4) is 0 Å². The van der Waals surface area contributed by atoms with Crippen LogP contribution >= 0.6 is 0 Å². The van der Waals surface area contributed by atoms with Crippen molar-refractivity contribution in [3.63, 3.8) is 0 Å². The first-order valence-corrected chi connectivity index (χ1v) is 62.2. The quantitative estimate of drug-likeness (QED) is 0.0781. The van der Waals surface area contributed by atoms with Crippen LogP contribution in [-0.4, -0.2) is 237 Å². The van der Waals surface area contributed by atoms with E-state index in [9.17, 15) is 0 Å². The third kappa shape index (κ3) is 107. The van der Waals surface area contributed by atoms with Crippen molar-refractivity contribution in [2.24, 2.45) is 0 Å². The Bertz CT molecular complexity index is 1130. The van der Waals surface area contributed by atoms with E-state index in [1.165, 1.54) is 27.9 Å². The molecule has 482 valence electrons. The zero-order chi connectivity index (χ0) is 65.2. The minimum Gasteiger partial charge on any atom is -0.421 e. The second-order valence-electron chi connectivity index (χ2n) is 23.0. The lowest BCUT2D eigenvalue weighted by Crippen LogP contribution is -2.58. The van der Waals surface area contributed by atoms with E-state index in [1.54, 1.807) is 118 Å². The largest absolute Gasteiger partial charge is 0.491 e. The average molecular weight is 1350 g/mol. The molecule has 0 spiro atoms. The molecule has 0 aliphatic rings. The fraction of sp³-hybridized carbons (Fsp3) is 1.00. The molecule has 4 N–H and O–H groups in total. The van der Waals surface area contributed by atoms with Gasteiger partial charge in [0.05, 0.1) is 0 Å². The Balaban J connectivity index is -0.0000000835. The van der Waals surface area contributed by atoms with Crippen LogP contribution in [-0.2, 0) is 78.7 Å². The van der Waals surface area contributed by atoms with Gasteiger partial charge in [-0.05, 0) is 157 Å². The molecule has 35 heteroatoms. The summed E-state index contributed by atoms with van der Waals surface area (Å²) < 4.78 is 93.1. The minimum atomic E-state index is -3.13. The van der Waals surface area contributed by atoms with Gasteiger partial charge in [-0.3, -0.25) is 0 Å². The van der Waals surface area contributed by atoms with Crippen molar-refractivity contribution in [2.75, 3.05) is 107 Å². The molecule has 0 saturated carbocycles. The van der Waals surface area contributed by atoms with Crippen LogP contribution < -0.4 is 0 Å². The molecule has 0 rings (SSSR count). The summed E-state index contributed by atoms with van der Waals surface area (Å²) in [6.07, 6.45) is 0. The summed E-state index contributed by atoms with van der Waals surface area (Å²) in [4.78, 5) is 34.1. The number of rotatable bonds is 21. The molecule has 0 heterocycles. The van der Waals surface area contributed by atoms with E-state index in [0.717, 1.165) is 0 Å². The molecule has 1 unspecified atom stereocenters. The van der Waals surface area contributed by atoms with Crippen molar-refractivity contribution in [1.29, 1.82) is 0 Å². The van der Waals surface area contributed by atoms with Gasteiger partial charge in [0.25, 0.3) is 0 Å². The predicted octanol–water partition coefficient (Wildman–Crippen LogP) is 9.84. The molecular weight excluding hydrogens is 1220 g/mol. The molecule has 22 nitrogen and oxygen atoms in total. The summed E-state index contributed by atoms with van der Waals surface area (Å²) in [6.45, 7) is 53.6. The Morgan fingerprint density at radius 1 is 0.182 bits per heavy atom. The highest BCUT2D eigenvalue weighted by atomic mass is 28.5. The molecule has 0 radical (unpaired) electrons. The smallest absolute Gasteiger partial charge is 0.421 e. The highest BCUT2D eigenvalue weighted by Gasteiger charge is 2.49. The van der Waals surface area contributed by atoms with Crippen molar-refractivity contribution in [1.82, 2.24) is 0 Å². The van der Waals surface area contributed by atoms with E-state index in [1.807, 2.05) is 58.9 Å². The summed E-state index contributed by atoms with van der Waals surface area (Å²) in [5.74, 6) is 0. The molecule has 77 heavy (non-hydrogen) atoms. The van der Waals surface area contributed by atoms with E-state index in [4.69, 9.17) is 84.6 Å². The normalized spacial score (nSPS) is 13.3. The summed E-state index contributed by atoms with van der Waals surface area (Å²) in [5, 5.41) is 0. The van der Waals surface area contributed by atoms with Gasteiger partial charge < -0.3 is 97.9 Å². The number of hydrogen-bond acceptors (Lipinski definition) is 22. The summed E-state index contributed by atoms with van der Waals surface area (Å²) in [5.41, 5.74) is 0. The molecule has 0 fully saturated rings. The van der Waals surface area contributed by atoms with Gasteiger partial charge in [-0.2, -0.15) is 0 Å². The first kappa shape index (κ1) is 101. The van der Waals surface area contributed by atoms with Gasteiger partial charge in [-0.25, -0.2) is 0 Å². The molecule has 0 aromatic carbocycles. The topological polar surface area (TPSA) is 247 Å². The highest BCUT2D eigenvalue weighted by molar-refractivity contribution is 6.81. The van der Waals surface area contributed by atoms with Crippen LogP contribution in [0.3, 0.4) is 0 Å². The molecule has 0 saturated heterocycles. The van der Waals surface area contributed by atoms with E-state index in [-0.39, 0.29) is 0 Å². The van der Waals surface area contributed by atoms with Crippen LogP contribution in [0.2, 0.25) is 177 Å². The Morgan fingerprint density at radius 3 is 0.429 bits per heavy atom. The van der Waals surface area contributed by atoms with Crippen molar-refractivity contribution < 1.29 is 97.9 Å². The lowest BCUT2D eigenvalue weighted by atomic mass is 11.8. The first-order chi connectivity index (χ1) is 33.5. The maximum atomic E-state index is 8.74. The monoisotopic (exact) mass is 1350 g/mol. The standard InChI is InChI=1S/C8H24O6Si3.C6H18O3Si2.C4H12O2Si.4C4H12OSi.2C3H10O2Si.C2H8O3Si/c1-9-15(5,6)13-17(8,12-4)14-16(7,10-2)11-3;1-7-10(3,4)9-11(5,6)8-2;1-5-7(3,4)6-2;7*1-5-6(2,3)4/h1-8H3;1-6H3;1-4H3;4*1-4H3;2*4H,1-3H3;3-4H,1-2H3. The summed E-state index contributed by atoms with van der Waals surface area (Å²) in [6, 6.07) is 0. The Morgan fingerprint density at radius 2 is 0.338 bits per heavy atom. The molecule has 0 aromatic rings. The van der Waals surface area contributed by atoms with Gasteiger partial charge in [-0.1, -0.05) is 0 Å². The van der Waals surface area contributed by atoms with Gasteiger partial charge in [0, 0.05) is 126 Å². The molecule has 0 aliphatic heterocycles. The molecule has 0 aromatic heterocycles. The lowest BCUT2D eigenvalue weighted by Gasteiger charge is -2.36. The number of hydrogen-bond donors (Lipinski definition) is 4. The second kappa shape index (κ2) is 48.1. The van der Waals surface area contributed by atoms with Crippen LogP contribution in [0, 0.1) is 0 Å². The van der Waals surface area contributed by atoms with Crippen LogP contribution in [0.25, 0.3) is 0 Å². The molecule has 0 bridgehead atoms. The van der Waals surface area contributed by atoms with E-state index >= 15 is 0 Å². The van der Waals surface area contributed by atoms with Gasteiger partial charge >= 0.3 is 77.8 Å². The Hall–Kier alpha value is 1.94. The zero-order valence-electron chi connectivity index (χ0n) is 57.6. The van der Waals surface area contributed by atoms with E-state index in [0.29, 0.717) is 0 Å². The maximum Gasteiger partial charge on any atom is 0.491 e. The van der Waals surface area contributed by atoms with Gasteiger partial charge in [0.15, 0.2) is 33.3 Å².